The first kappa shape index (κ1) is 18.4. The molecule has 0 nitrogen and oxygen atoms in total. The number of rotatable bonds is 5. The van der Waals surface area contributed by atoms with E-state index in [9.17, 15) is 0 Å². The highest BCUT2D eigenvalue weighted by Crippen LogP contribution is 2.65. The van der Waals surface area contributed by atoms with Crippen LogP contribution >= 0.6 is 7.26 Å². The smallest absolute Gasteiger partial charge is 0.0620 e. The zero-order valence-corrected chi connectivity index (χ0v) is 17.0. The highest BCUT2D eigenvalue weighted by molar-refractivity contribution is 8.03. The number of aryl methyl sites for hydroxylation is 1. The summed E-state index contributed by atoms with van der Waals surface area (Å²) >= 11 is 0. The van der Waals surface area contributed by atoms with Gasteiger partial charge < -0.3 is 0 Å². The Hall–Kier alpha value is -2.95. The largest absolute Gasteiger partial charge is 0.144 e. The summed E-state index contributed by atoms with van der Waals surface area (Å²) in [5.41, 5.74) is 2.47. The van der Waals surface area contributed by atoms with Gasteiger partial charge in [0.15, 0.2) is 0 Å². The monoisotopic (exact) mass is 379 g/mol. The van der Waals surface area contributed by atoms with Gasteiger partial charge in [0.05, 0.1) is 0 Å². The van der Waals surface area contributed by atoms with Gasteiger partial charge in [0, 0.05) is 5.56 Å². The second-order valence-electron chi connectivity index (χ2n) is 6.99. The molecule has 0 radical (unpaired) electrons. The molecule has 0 amide bonds. The maximum atomic E-state index is 4.71. The van der Waals surface area contributed by atoms with Crippen molar-refractivity contribution in [2.24, 2.45) is 0 Å². The first-order chi connectivity index (χ1) is 13.7. The van der Waals surface area contributed by atoms with E-state index in [0.29, 0.717) is 0 Å². The predicted molar refractivity (Wildman–Crippen MR) is 125 cm³/mol. The Balaban J connectivity index is 2.07. The molecule has 0 saturated heterocycles. The first-order valence-electron chi connectivity index (χ1n) is 9.55. The van der Waals surface area contributed by atoms with Gasteiger partial charge in [-0.25, -0.2) is 0 Å². The van der Waals surface area contributed by atoms with E-state index < -0.39 is 7.26 Å². The molecule has 0 aliphatic carbocycles. The molecule has 0 N–H and O–H groups in total. The molecule has 0 aliphatic heterocycles. The van der Waals surface area contributed by atoms with E-state index in [0.717, 1.165) is 0 Å². The van der Waals surface area contributed by atoms with Gasteiger partial charge in [0.1, 0.15) is 28.5 Å². The van der Waals surface area contributed by atoms with Crippen LogP contribution in [-0.4, -0.2) is 0 Å². The lowest BCUT2D eigenvalue weighted by atomic mass is 10.1. The molecule has 0 aliphatic rings. The Morgan fingerprint density at radius 1 is 0.536 bits per heavy atom. The Labute approximate surface area is 168 Å². The van der Waals surface area contributed by atoms with Crippen LogP contribution in [0, 0.1) is 6.92 Å². The first-order valence-corrected chi connectivity index (χ1v) is 11.3. The van der Waals surface area contributed by atoms with Gasteiger partial charge in [-0.15, -0.1) is 0 Å². The van der Waals surface area contributed by atoms with E-state index in [-0.39, 0.29) is 0 Å². The van der Waals surface area contributed by atoms with Crippen molar-refractivity contribution in [3.8, 4) is 0 Å². The molecule has 0 heterocycles. The molecule has 28 heavy (non-hydrogen) atoms. The maximum absolute atomic E-state index is 4.71. The molecule has 4 aromatic rings. The van der Waals surface area contributed by atoms with Crippen molar-refractivity contribution in [1.82, 2.24) is 0 Å². The van der Waals surface area contributed by atoms with Crippen LogP contribution in [0.5, 0.6) is 0 Å². The second kappa shape index (κ2) is 7.97. The second-order valence-corrected chi connectivity index (χ2v) is 10.4. The molecule has 136 valence electrons. The SMILES string of the molecule is C=C(c1ccc(C)cc1)[P+](c1ccccc1)(c1ccccc1)c1ccccc1. The van der Waals surface area contributed by atoms with Crippen molar-refractivity contribution < 1.29 is 0 Å². The fraction of sp³-hybridized carbons (Fsp3) is 0.0370. The molecule has 0 fully saturated rings. The van der Waals surface area contributed by atoms with Crippen LogP contribution in [-0.2, 0) is 0 Å². The lowest BCUT2D eigenvalue weighted by molar-refractivity contribution is 1.46. The number of benzene rings is 4. The number of hydrogen-bond acceptors (Lipinski definition) is 0. The van der Waals surface area contributed by atoms with E-state index in [1.165, 1.54) is 32.4 Å². The average Bonchev–Trinajstić information content (AvgIpc) is 2.77. The third kappa shape index (κ3) is 3.21. The molecule has 0 atom stereocenters. The summed E-state index contributed by atoms with van der Waals surface area (Å²) < 4.78 is 0. The lowest BCUT2D eigenvalue weighted by Gasteiger charge is -2.29. The highest BCUT2D eigenvalue weighted by atomic mass is 31.2. The van der Waals surface area contributed by atoms with Crippen LogP contribution in [0.1, 0.15) is 11.1 Å². The van der Waals surface area contributed by atoms with Crippen molar-refractivity contribution in [1.29, 1.82) is 0 Å². The lowest BCUT2D eigenvalue weighted by Crippen LogP contribution is -2.31. The molecule has 0 bridgehead atoms. The van der Waals surface area contributed by atoms with Crippen molar-refractivity contribution in [3.05, 3.63) is 133 Å². The Kier molecular flexibility index (Phi) is 5.24. The fourth-order valence-corrected chi connectivity index (χ4v) is 8.03. The average molecular weight is 379 g/mol. The van der Waals surface area contributed by atoms with Gasteiger partial charge in [-0.2, -0.15) is 0 Å². The van der Waals surface area contributed by atoms with Gasteiger partial charge in [-0.3, -0.25) is 0 Å². The molecule has 0 aromatic heterocycles. The summed E-state index contributed by atoms with van der Waals surface area (Å²) in [6, 6.07) is 41.4. The van der Waals surface area contributed by atoms with Crippen LogP contribution in [0.15, 0.2) is 122 Å². The summed E-state index contributed by atoms with van der Waals surface area (Å²) in [7, 11) is -2.08. The zero-order valence-electron chi connectivity index (χ0n) is 16.1. The molecule has 0 unspecified atom stereocenters. The maximum Gasteiger partial charge on any atom is 0.144 e. The summed E-state index contributed by atoms with van der Waals surface area (Å²) in [5.74, 6) is 0. The van der Waals surface area contributed by atoms with E-state index in [2.05, 4.69) is 122 Å². The molecular formula is C27H24P+. The zero-order chi connectivity index (χ0) is 19.4. The predicted octanol–water partition coefficient (Wildman–Crippen LogP) is 5.96. The van der Waals surface area contributed by atoms with Crippen molar-refractivity contribution in [2.45, 2.75) is 6.92 Å². The van der Waals surface area contributed by atoms with Crippen LogP contribution in [0.4, 0.5) is 0 Å². The molecule has 0 spiro atoms. The van der Waals surface area contributed by atoms with E-state index in [1.54, 1.807) is 0 Å². The summed E-state index contributed by atoms with van der Waals surface area (Å²) in [6.45, 7) is 6.83. The van der Waals surface area contributed by atoms with Gasteiger partial charge >= 0.3 is 0 Å². The van der Waals surface area contributed by atoms with Crippen LogP contribution in [0.25, 0.3) is 5.31 Å². The fourth-order valence-electron chi connectivity index (χ4n) is 3.81. The normalized spacial score (nSPS) is 11.2. The third-order valence-electron chi connectivity index (χ3n) is 5.22. The quantitative estimate of drug-likeness (QED) is 0.375. The minimum absolute atomic E-state index is 1.19. The molecule has 4 aromatic carbocycles. The topological polar surface area (TPSA) is 0 Å². The highest BCUT2D eigenvalue weighted by Gasteiger charge is 2.49. The summed E-state index contributed by atoms with van der Waals surface area (Å²) in [6.07, 6.45) is 0. The van der Waals surface area contributed by atoms with Crippen molar-refractivity contribution >= 4 is 28.5 Å². The summed E-state index contributed by atoms with van der Waals surface area (Å²) in [5, 5.41) is 5.19. The van der Waals surface area contributed by atoms with Crippen molar-refractivity contribution in [3.63, 3.8) is 0 Å². The van der Waals surface area contributed by atoms with Gasteiger partial charge in [-0.1, -0.05) is 91.0 Å². The minimum Gasteiger partial charge on any atom is -0.0620 e. The van der Waals surface area contributed by atoms with Crippen LogP contribution in [0.2, 0.25) is 0 Å². The van der Waals surface area contributed by atoms with Gasteiger partial charge in [-0.05, 0) is 43.3 Å². The number of hydrogen-bond donors (Lipinski definition) is 0. The molecule has 4 rings (SSSR count). The standard InChI is InChI=1S/C27H24P/c1-22-18-20-24(21-19-22)23(2)28(25-12-6-3-7-13-25,26-14-8-4-9-15-26)27-16-10-5-11-17-27/h3-21H,2H2,1H3/q+1. The molecular weight excluding hydrogens is 355 g/mol. The van der Waals surface area contributed by atoms with E-state index in [4.69, 9.17) is 6.58 Å². The Bertz CT molecular complexity index is 953. The molecule has 0 saturated carbocycles. The Morgan fingerprint density at radius 3 is 1.25 bits per heavy atom. The Morgan fingerprint density at radius 2 is 0.893 bits per heavy atom. The van der Waals surface area contributed by atoms with Gasteiger partial charge in [0.2, 0.25) is 0 Å². The third-order valence-corrected chi connectivity index (χ3v) is 9.51. The minimum atomic E-state index is -2.08. The van der Waals surface area contributed by atoms with E-state index >= 15 is 0 Å². The van der Waals surface area contributed by atoms with Crippen LogP contribution < -0.4 is 15.9 Å². The van der Waals surface area contributed by atoms with Crippen LogP contribution in [0.3, 0.4) is 0 Å². The summed E-state index contributed by atoms with van der Waals surface area (Å²) in [4.78, 5) is 0. The van der Waals surface area contributed by atoms with E-state index in [1.807, 2.05) is 0 Å². The molecule has 1 heteroatoms. The van der Waals surface area contributed by atoms with Gasteiger partial charge in [0.25, 0.3) is 0 Å². The van der Waals surface area contributed by atoms with Crippen molar-refractivity contribution in [2.75, 3.05) is 0 Å².